The Morgan fingerprint density at radius 3 is 2.39 bits per heavy atom. The van der Waals surface area contributed by atoms with Gasteiger partial charge in [-0.2, -0.15) is 0 Å². The summed E-state index contributed by atoms with van der Waals surface area (Å²) in [5.41, 5.74) is 7.50. The normalized spacial score (nSPS) is 19.1. The van der Waals surface area contributed by atoms with E-state index in [1.807, 2.05) is 0 Å². The van der Waals surface area contributed by atoms with Crippen LogP contribution in [-0.4, -0.2) is 18.6 Å². The maximum atomic E-state index is 6.11. The summed E-state index contributed by atoms with van der Waals surface area (Å²) in [5, 5.41) is 0. The van der Waals surface area contributed by atoms with Gasteiger partial charge < -0.3 is 10.6 Å². The molecule has 0 amide bonds. The van der Waals surface area contributed by atoms with Gasteiger partial charge in [-0.15, -0.1) is 0 Å². The molecule has 0 bridgehead atoms. The molecule has 18 heavy (non-hydrogen) atoms. The first kappa shape index (κ1) is 13.4. The highest BCUT2D eigenvalue weighted by molar-refractivity contribution is 5.48. The fourth-order valence-corrected chi connectivity index (χ4v) is 3.11. The van der Waals surface area contributed by atoms with E-state index in [4.69, 9.17) is 5.73 Å². The zero-order valence-electron chi connectivity index (χ0n) is 11.7. The van der Waals surface area contributed by atoms with Crippen LogP contribution in [0.3, 0.4) is 0 Å². The molecule has 0 aromatic heterocycles. The third-order valence-electron chi connectivity index (χ3n) is 4.43. The third kappa shape index (κ3) is 2.69. The second-order valence-corrected chi connectivity index (χ2v) is 5.78. The Hall–Kier alpha value is -1.02. The third-order valence-corrected chi connectivity index (χ3v) is 4.43. The zero-order chi connectivity index (χ0) is 13.0. The number of para-hydroxylation sites is 1. The average Bonchev–Trinajstić information content (AvgIpc) is 2.36. The second kappa shape index (κ2) is 5.75. The van der Waals surface area contributed by atoms with Crippen molar-refractivity contribution in [2.75, 3.05) is 18.0 Å². The van der Waals surface area contributed by atoms with Crippen LogP contribution in [0, 0.1) is 5.92 Å². The molecule has 2 rings (SSSR count). The molecule has 0 spiro atoms. The van der Waals surface area contributed by atoms with Crippen molar-refractivity contribution >= 4 is 5.69 Å². The van der Waals surface area contributed by atoms with Crippen LogP contribution in [-0.2, 0) is 0 Å². The number of nitrogens with zero attached hydrogens (tertiary/aromatic N) is 1. The van der Waals surface area contributed by atoms with Crippen LogP contribution in [0.5, 0.6) is 0 Å². The summed E-state index contributed by atoms with van der Waals surface area (Å²) in [4.78, 5) is 2.48. The number of anilines is 1. The highest BCUT2D eigenvalue weighted by atomic mass is 15.2. The minimum absolute atomic E-state index is 0.0984. The summed E-state index contributed by atoms with van der Waals surface area (Å²) in [6.45, 7) is 6.29. The fourth-order valence-electron chi connectivity index (χ4n) is 3.11. The van der Waals surface area contributed by atoms with Crippen LogP contribution in [0.2, 0.25) is 0 Å². The van der Waals surface area contributed by atoms with E-state index >= 15 is 0 Å². The highest BCUT2D eigenvalue weighted by Crippen LogP contribution is 2.37. The second-order valence-electron chi connectivity index (χ2n) is 5.78. The molecule has 1 fully saturated rings. The Morgan fingerprint density at radius 2 is 1.94 bits per heavy atom. The Kier molecular flexibility index (Phi) is 4.28. The number of hydrogen-bond acceptors (Lipinski definition) is 2. The average molecular weight is 246 g/mol. The van der Waals surface area contributed by atoms with Gasteiger partial charge in [0.2, 0.25) is 0 Å². The summed E-state index contributed by atoms with van der Waals surface area (Å²) in [7, 11) is 0. The predicted octanol–water partition coefficient (Wildman–Crippen LogP) is 3.42. The Balaban J connectivity index is 2.16. The maximum absolute atomic E-state index is 6.11. The summed E-state index contributed by atoms with van der Waals surface area (Å²) >= 11 is 0. The van der Waals surface area contributed by atoms with E-state index in [1.165, 1.54) is 31.4 Å². The van der Waals surface area contributed by atoms with Crippen LogP contribution in [0.25, 0.3) is 0 Å². The summed E-state index contributed by atoms with van der Waals surface area (Å²) in [6, 6.07) is 10.7. The molecule has 2 N–H and O–H groups in total. The SMILES string of the molecule is CCN(c1ccccc1)C(C)(CN)CC1CCC1. The minimum atomic E-state index is 0.0984. The fraction of sp³-hybridized carbons (Fsp3) is 0.625. The van der Waals surface area contributed by atoms with Gasteiger partial charge in [-0.3, -0.25) is 0 Å². The van der Waals surface area contributed by atoms with Crippen LogP contribution in [0.15, 0.2) is 30.3 Å². The van der Waals surface area contributed by atoms with Gasteiger partial charge in [0, 0.05) is 24.3 Å². The molecule has 0 heterocycles. The largest absolute Gasteiger partial charge is 0.365 e. The molecule has 0 saturated heterocycles. The Morgan fingerprint density at radius 1 is 1.28 bits per heavy atom. The van der Waals surface area contributed by atoms with E-state index in [2.05, 4.69) is 49.1 Å². The van der Waals surface area contributed by atoms with E-state index < -0.39 is 0 Å². The van der Waals surface area contributed by atoms with E-state index in [9.17, 15) is 0 Å². The van der Waals surface area contributed by atoms with Crippen molar-refractivity contribution in [3.05, 3.63) is 30.3 Å². The first-order chi connectivity index (χ1) is 8.69. The molecule has 1 aliphatic rings. The van der Waals surface area contributed by atoms with Crippen molar-refractivity contribution in [2.45, 2.75) is 45.1 Å². The van der Waals surface area contributed by atoms with Crippen LogP contribution in [0.4, 0.5) is 5.69 Å². The smallest absolute Gasteiger partial charge is 0.0498 e. The van der Waals surface area contributed by atoms with Gasteiger partial charge in [0.15, 0.2) is 0 Å². The number of benzene rings is 1. The lowest BCUT2D eigenvalue weighted by Gasteiger charge is -2.45. The monoisotopic (exact) mass is 246 g/mol. The standard InChI is InChI=1S/C16H26N2/c1-3-18(15-10-5-4-6-11-15)16(2,13-17)12-14-8-7-9-14/h4-6,10-11,14H,3,7-9,12-13,17H2,1-2H3. The zero-order valence-corrected chi connectivity index (χ0v) is 11.7. The predicted molar refractivity (Wildman–Crippen MR) is 78.9 cm³/mol. The molecule has 1 atom stereocenters. The van der Waals surface area contributed by atoms with Gasteiger partial charge in [-0.25, -0.2) is 0 Å². The molecular formula is C16H26N2. The van der Waals surface area contributed by atoms with Crippen molar-refractivity contribution in [1.29, 1.82) is 0 Å². The van der Waals surface area contributed by atoms with Gasteiger partial charge in [-0.1, -0.05) is 37.5 Å². The van der Waals surface area contributed by atoms with Crippen molar-refractivity contribution in [3.8, 4) is 0 Å². The molecule has 2 heteroatoms. The van der Waals surface area contributed by atoms with Gasteiger partial charge in [0.1, 0.15) is 0 Å². The highest BCUT2D eigenvalue weighted by Gasteiger charge is 2.34. The van der Waals surface area contributed by atoms with Gasteiger partial charge in [0.25, 0.3) is 0 Å². The molecule has 0 radical (unpaired) electrons. The first-order valence-electron chi connectivity index (χ1n) is 7.22. The van der Waals surface area contributed by atoms with E-state index in [-0.39, 0.29) is 5.54 Å². The van der Waals surface area contributed by atoms with E-state index in [0.29, 0.717) is 0 Å². The molecule has 1 aliphatic carbocycles. The lowest BCUT2D eigenvalue weighted by Crippen LogP contribution is -2.53. The van der Waals surface area contributed by atoms with E-state index in [0.717, 1.165) is 19.0 Å². The van der Waals surface area contributed by atoms with Gasteiger partial charge >= 0.3 is 0 Å². The topological polar surface area (TPSA) is 29.3 Å². The molecule has 1 unspecified atom stereocenters. The lowest BCUT2D eigenvalue weighted by molar-refractivity contribution is 0.229. The number of likely N-dealkylation sites (N-methyl/N-ethyl adjacent to an activating group) is 1. The quantitative estimate of drug-likeness (QED) is 0.833. The van der Waals surface area contributed by atoms with E-state index in [1.54, 1.807) is 0 Å². The minimum Gasteiger partial charge on any atom is -0.365 e. The Labute approximate surface area is 111 Å². The molecular weight excluding hydrogens is 220 g/mol. The summed E-state index contributed by atoms with van der Waals surface area (Å²) in [5.74, 6) is 0.885. The first-order valence-corrected chi connectivity index (χ1v) is 7.22. The molecule has 1 aromatic rings. The molecule has 1 saturated carbocycles. The van der Waals surface area contributed by atoms with Crippen LogP contribution < -0.4 is 10.6 Å². The van der Waals surface area contributed by atoms with Crippen molar-refractivity contribution < 1.29 is 0 Å². The summed E-state index contributed by atoms with van der Waals surface area (Å²) in [6.07, 6.45) is 5.42. The molecule has 100 valence electrons. The summed E-state index contributed by atoms with van der Waals surface area (Å²) < 4.78 is 0. The molecule has 0 aliphatic heterocycles. The van der Waals surface area contributed by atoms with Crippen LogP contribution in [0.1, 0.15) is 39.5 Å². The number of rotatable bonds is 6. The molecule has 1 aromatic carbocycles. The maximum Gasteiger partial charge on any atom is 0.0498 e. The van der Waals surface area contributed by atoms with Crippen LogP contribution >= 0.6 is 0 Å². The molecule has 2 nitrogen and oxygen atoms in total. The van der Waals surface area contributed by atoms with Crippen molar-refractivity contribution in [2.24, 2.45) is 11.7 Å². The van der Waals surface area contributed by atoms with Gasteiger partial charge in [0.05, 0.1) is 0 Å². The van der Waals surface area contributed by atoms with Crippen molar-refractivity contribution in [1.82, 2.24) is 0 Å². The number of nitrogens with two attached hydrogens (primary N) is 1. The number of hydrogen-bond donors (Lipinski definition) is 1. The lowest BCUT2D eigenvalue weighted by atomic mass is 9.75. The van der Waals surface area contributed by atoms with Crippen molar-refractivity contribution in [3.63, 3.8) is 0 Å². The Bertz CT molecular complexity index is 359. The van der Waals surface area contributed by atoms with Gasteiger partial charge in [-0.05, 0) is 38.3 Å².